The number of ether oxygens (including phenoxy) is 1. The van der Waals surface area contributed by atoms with Gasteiger partial charge in [0.15, 0.2) is 0 Å². The van der Waals surface area contributed by atoms with Crippen LogP contribution < -0.4 is 0 Å². The van der Waals surface area contributed by atoms with Crippen molar-refractivity contribution >= 4 is 24.3 Å². The molecule has 0 fully saturated rings. The highest BCUT2D eigenvalue weighted by atomic mass is 31.2. The van der Waals surface area contributed by atoms with Gasteiger partial charge in [0.25, 0.3) is 0 Å². The molecule has 0 N–H and O–H groups in total. The van der Waals surface area contributed by atoms with Crippen LogP contribution in [0.25, 0.3) is 10.8 Å². The highest BCUT2D eigenvalue weighted by molar-refractivity contribution is 7.53. The molecule has 0 aromatic heterocycles. The van der Waals surface area contributed by atoms with Crippen LogP contribution in [0.4, 0.5) is 0 Å². The number of benzene rings is 2. The second-order valence-corrected chi connectivity index (χ2v) is 9.06. The van der Waals surface area contributed by atoms with Crippen molar-refractivity contribution in [3.05, 3.63) is 47.5 Å². The zero-order valence-electron chi connectivity index (χ0n) is 16.1. The van der Waals surface area contributed by atoms with Crippen molar-refractivity contribution in [2.45, 2.75) is 46.4 Å². The average molecular weight is 378 g/mol. The maximum atomic E-state index is 12.7. The van der Waals surface area contributed by atoms with Crippen molar-refractivity contribution in [1.82, 2.24) is 0 Å². The molecule has 0 aliphatic rings. The van der Waals surface area contributed by atoms with Crippen LogP contribution in [-0.2, 0) is 24.5 Å². The minimum atomic E-state index is -3.17. The van der Waals surface area contributed by atoms with Gasteiger partial charge in [-0.15, -0.1) is 0 Å². The number of esters is 1. The van der Waals surface area contributed by atoms with Crippen molar-refractivity contribution in [1.29, 1.82) is 0 Å². The van der Waals surface area contributed by atoms with Gasteiger partial charge in [-0.25, -0.2) is 4.79 Å². The van der Waals surface area contributed by atoms with Crippen LogP contribution in [0.3, 0.4) is 0 Å². The minimum Gasteiger partial charge on any atom is -0.456 e. The summed E-state index contributed by atoms with van der Waals surface area (Å²) >= 11 is 0. The highest BCUT2D eigenvalue weighted by Gasteiger charge is 2.24. The summed E-state index contributed by atoms with van der Waals surface area (Å²) in [5, 5.41) is 1.87. The Balaban J connectivity index is 2.31. The van der Waals surface area contributed by atoms with E-state index < -0.39 is 13.2 Å². The molecule has 0 aliphatic carbocycles. The highest BCUT2D eigenvalue weighted by Crippen LogP contribution is 2.51. The third-order valence-electron chi connectivity index (χ3n) is 3.57. The van der Waals surface area contributed by atoms with E-state index in [-0.39, 0.29) is 12.1 Å². The second kappa shape index (κ2) is 8.34. The monoisotopic (exact) mass is 378 g/mol. The molecule has 0 amide bonds. The first-order valence-corrected chi connectivity index (χ1v) is 10.5. The van der Waals surface area contributed by atoms with E-state index >= 15 is 0 Å². The average Bonchev–Trinajstić information content (AvgIpc) is 2.52. The number of hydrogen-bond donors (Lipinski definition) is 0. The quantitative estimate of drug-likeness (QED) is 0.466. The van der Waals surface area contributed by atoms with Gasteiger partial charge in [-0.3, -0.25) is 4.57 Å². The molecule has 2 aromatic carbocycles. The van der Waals surface area contributed by atoms with Crippen molar-refractivity contribution < 1.29 is 23.1 Å². The Hall–Kier alpha value is -1.68. The van der Waals surface area contributed by atoms with E-state index in [1.807, 2.05) is 45.0 Å². The molecule has 0 aliphatic heterocycles. The summed E-state index contributed by atoms with van der Waals surface area (Å²) in [6.45, 7) is 9.74. The zero-order valence-corrected chi connectivity index (χ0v) is 17.0. The minimum absolute atomic E-state index is 0.196. The van der Waals surface area contributed by atoms with E-state index in [9.17, 15) is 9.36 Å². The van der Waals surface area contributed by atoms with Gasteiger partial charge in [0, 0.05) is 0 Å². The van der Waals surface area contributed by atoms with Gasteiger partial charge in [0.1, 0.15) is 5.60 Å². The lowest BCUT2D eigenvalue weighted by Gasteiger charge is -2.19. The molecule has 0 heterocycles. The van der Waals surface area contributed by atoms with Crippen LogP contribution in [0, 0.1) is 0 Å². The molecule has 0 unspecified atom stereocenters. The number of rotatable bonds is 7. The summed E-state index contributed by atoms with van der Waals surface area (Å²) in [5.41, 5.74) is 0.779. The number of carbonyl (C=O) groups is 1. The lowest BCUT2D eigenvalue weighted by atomic mass is 10.0. The summed E-state index contributed by atoms with van der Waals surface area (Å²) in [6, 6.07) is 11.2. The second-order valence-electron chi connectivity index (χ2n) is 7.00. The molecule has 2 aromatic rings. The molecule has 2 rings (SSSR count). The Morgan fingerprint density at radius 3 is 2.15 bits per heavy atom. The Labute approximate surface area is 155 Å². The third-order valence-corrected chi connectivity index (χ3v) is 5.62. The summed E-state index contributed by atoms with van der Waals surface area (Å²) in [4.78, 5) is 12.3. The normalized spacial score (nSPS) is 12.3. The smallest absolute Gasteiger partial charge is 0.338 e. The molecule has 26 heavy (non-hydrogen) atoms. The van der Waals surface area contributed by atoms with E-state index in [2.05, 4.69) is 0 Å². The third kappa shape index (κ3) is 5.66. The van der Waals surface area contributed by atoms with E-state index in [4.69, 9.17) is 13.8 Å². The van der Waals surface area contributed by atoms with Crippen molar-refractivity contribution in [2.75, 3.05) is 13.2 Å². The summed E-state index contributed by atoms with van der Waals surface area (Å²) < 4.78 is 28.9. The lowest BCUT2D eigenvalue weighted by Crippen LogP contribution is -2.23. The topological polar surface area (TPSA) is 61.8 Å². The van der Waals surface area contributed by atoms with Gasteiger partial charge in [-0.1, -0.05) is 24.3 Å². The SMILES string of the molecule is CCOP(=O)(Cc1ccc2ccc(C(=O)OC(C)(C)C)cc2c1)OCC. The molecular formula is C20H27O5P. The fourth-order valence-electron chi connectivity index (χ4n) is 2.60. The molecule has 0 saturated carbocycles. The van der Waals surface area contributed by atoms with Crippen LogP contribution >= 0.6 is 7.60 Å². The fourth-order valence-corrected chi connectivity index (χ4v) is 4.29. The van der Waals surface area contributed by atoms with Gasteiger partial charge < -0.3 is 13.8 Å². The first kappa shape index (κ1) is 20.6. The molecule has 0 bridgehead atoms. The molecular weight excluding hydrogens is 351 g/mol. The van der Waals surface area contributed by atoms with Crippen molar-refractivity contribution in [3.8, 4) is 0 Å². The van der Waals surface area contributed by atoms with Gasteiger partial charge in [-0.2, -0.15) is 0 Å². The zero-order chi connectivity index (χ0) is 19.4. The van der Waals surface area contributed by atoms with Gasteiger partial charge in [-0.05, 0) is 63.1 Å². The number of hydrogen-bond acceptors (Lipinski definition) is 5. The first-order chi connectivity index (χ1) is 12.2. The number of carbonyl (C=O) groups excluding carboxylic acids is 1. The molecule has 142 valence electrons. The maximum absolute atomic E-state index is 12.7. The summed E-state index contributed by atoms with van der Waals surface area (Å²) in [5.74, 6) is -0.362. The Kier molecular flexibility index (Phi) is 6.62. The van der Waals surface area contributed by atoms with E-state index in [0.29, 0.717) is 18.8 Å². The summed E-state index contributed by atoms with van der Waals surface area (Å²) in [6.07, 6.45) is 0.196. The Morgan fingerprint density at radius 1 is 0.962 bits per heavy atom. The lowest BCUT2D eigenvalue weighted by molar-refractivity contribution is 0.00696. The van der Waals surface area contributed by atoms with Gasteiger partial charge in [0.05, 0.1) is 24.9 Å². The maximum Gasteiger partial charge on any atom is 0.338 e. The predicted octanol–water partition coefficient (Wildman–Crippen LogP) is 5.56. The largest absolute Gasteiger partial charge is 0.456 e. The van der Waals surface area contributed by atoms with E-state index in [1.54, 1.807) is 26.0 Å². The molecule has 5 nitrogen and oxygen atoms in total. The van der Waals surface area contributed by atoms with Crippen LogP contribution in [0.1, 0.15) is 50.5 Å². The molecule has 0 spiro atoms. The van der Waals surface area contributed by atoms with Gasteiger partial charge in [0.2, 0.25) is 0 Å². The van der Waals surface area contributed by atoms with Crippen LogP contribution in [0.15, 0.2) is 36.4 Å². The molecule has 0 atom stereocenters. The molecule has 0 radical (unpaired) electrons. The fraction of sp³-hybridized carbons (Fsp3) is 0.450. The predicted molar refractivity (Wildman–Crippen MR) is 104 cm³/mol. The van der Waals surface area contributed by atoms with Gasteiger partial charge >= 0.3 is 13.6 Å². The van der Waals surface area contributed by atoms with Crippen molar-refractivity contribution in [3.63, 3.8) is 0 Å². The first-order valence-electron chi connectivity index (χ1n) is 8.80. The standard InChI is InChI=1S/C20H27O5P/c1-6-23-26(22,24-7-2)14-15-8-9-16-10-11-17(13-18(16)12-15)19(21)25-20(3,4)5/h8-13H,6-7,14H2,1-5H3. The van der Waals surface area contributed by atoms with E-state index in [0.717, 1.165) is 16.3 Å². The molecule has 0 saturated heterocycles. The van der Waals surface area contributed by atoms with E-state index in [1.165, 1.54) is 0 Å². The Morgan fingerprint density at radius 2 is 1.58 bits per heavy atom. The Bertz CT molecular complexity index is 813. The summed E-state index contributed by atoms with van der Waals surface area (Å²) in [7, 11) is -3.17. The van der Waals surface area contributed by atoms with Crippen LogP contribution in [-0.4, -0.2) is 24.8 Å². The number of fused-ring (bicyclic) bond motifs is 1. The van der Waals surface area contributed by atoms with Crippen molar-refractivity contribution in [2.24, 2.45) is 0 Å². The van der Waals surface area contributed by atoms with Crippen LogP contribution in [0.5, 0.6) is 0 Å². The van der Waals surface area contributed by atoms with Crippen LogP contribution in [0.2, 0.25) is 0 Å². The molecule has 6 heteroatoms.